The molecule has 0 bridgehead atoms. The van der Waals surface area contributed by atoms with Gasteiger partial charge in [-0.1, -0.05) is 11.2 Å². The molecule has 11 nitrogen and oxygen atoms in total. The molecule has 0 unspecified atom stereocenters. The van der Waals surface area contributed by atoms with Crippen molar-refractivity contribution < 1.29 is 35.0 Å². The highest BCUT2D eigenvalue weighted by Gasteiger charge is 2.34. The minimum atomic E-state index is -1.56. The predicted octanol–water partition coefficient (Wildman–Crippen LogP) is -0.205. The summed E-state index contributed by atoms with van der Waals surface area (Å²) in [7, 11) is -1.56. The summed E-state index contributed by atoms with van der Waals surface area (Å²) in [4.78, 5) is 21.1. The van der Waals surface area contributed by atoms with Crippen molar-refractivity contribution in [3.8, 4) is 11.5 Å². The van der Waals surface area contributed by atoms with Gasteiger partial charge in [-0.15, -0.1) is 0 Å². The zero-order valence-corrected chi connectivity index (χ0v) is 15.2. The Morgan fingerprint density at radius 3 is 2.55 bits per heavy atom. The van der Waals surface area contributed by atoms with Crippen LogP contribution in [0.25, 0.3) is 0 Å². The molecular weight excluding hydrogens is 383 g/mol. The zero-order valence-electron chi connectivity index (χ0n) is 15.2. The van der Waals surface area contributed by atoms with E-state index in [2.05, 4.69) is 15.1 Å². The van der Waals surface area contributed by atoms with E-state index in [9.17, 15) is 20.2 Å². The van der Waals surface area contributed by atoms with E-state index in [1.807, 2.05) is 0 Å². The zero-order chi connectivity index (χ0) is 21.0. The third-order valence-corrected chi connectivity index (χ3v) is 4.46. The average Bonchev–Trinajstić information content (AvgIpc) is 2.66. The fourth-order valence-corrected chi connectivity index (χ4v) is 2.99. The number of phenols is 1. The Bertz CT molecular complexity index is 904. The van der Waals surface area contributed by atoms with Crippen molar-refractivity contribution in [2.24, 2.45) is 5.16 Å². The number of amidine groups is 1. The summed E-state index contributed by atoms with van der Waals surface area (Å²) in [5.41, 5.74) is 0.408. The van der Waals surface area contributed by atoms with Crippen LogP contribution in [-0.2, 0) is 6.42 Å². The SMILES string of the molecule is O=C(O)c1c(OC2CN(/C(=N\O)c3cncnc3)C2)ccc(CCB(O)O)c1O. The summed E-state index contributed by atoms with van der Waals surface area (Å²) < 4.78 is 5.72. The molecule has 1 saturated heterocycles. The molecule has 1 aliphatic rings. The summed E-state index contributed by atoms with van der Waals surface area (Å²) in [6, 6.07) is 2.91. The monoisotopic (exact) mass is 402 g/mol. The Hall–Kier alpha value is -3.38. The van der Waals surface area contributed by atoms with Crippen molar-refractivity contribution in [1.82, 2.24) is 14.9 Å². The molecule has 12 heteroatoms. The van der Waals surface area contributed by atoms with Gasteiger partial charge < -0.3 is 35.1 Å². The Balaban J connectivity index is 1.70. The third kappa shape index (κ3) is 4.55. The van der Waals surface area contributed by atoms with Crippen molar-refractivity contribution in [1.29, 1.82) is 0 Å². The van der Waals surface area contributed by atoms with E-state index in [1.165, 1.54) is 30.9 Å². The summed E-state index contributed by atoms with van der Waals surface area (Å²) in [5.74, 6) is -1.56. The Morgan fingerprint density at radius 2 is 1.97 bits per heavy atom. The van der Waals surface area contributed by atoms with Crippen molar-refractivity contribution in [2.75, 3.05) is 13.1 Å². The molecule has 3 rings (SSSR count). The minimum absolute atomic E-state index is 0.00141. The van der Waals surface area contributed by atoms with Crippen LogP contribution in [0.1, 0.15) is 21.5 Å². The molecule has 2 heterocycles. The van der Waals surface area contributed by atoms with Crippen molar-refractivity contribution in [3.05, 3.63) is 47.5 Å². The van der Waals surface area contributed by atoms with Gasteiger partial charge in [0.2, 0.25) is 0 Å². The van der Waals surface area contributed by atoms with E-state index >= 15 is 0 Å². The second kappa shape index (κ2) is 8.75. The first-order chi connectivity index (χ1) is 13.9. The second-order valence-corrected chi connectivity index (χ2v) is 6.47. The van der Waals surface area contributed by atoms with Gasteiger partial charge >= 0.3 is 13.1 Å². The van der Waals surface area contributed by atoms with Gasteiger partial charge in [-0.05, 0) is 24.4 Å². The van der Waals surface area contributed by atoms with E-state index < -0.39 is 18.8 Å². The molecule has 5 N–H and O–H groups in total. The largest absolute Gasteiger partial charge is 0.507 e. The van der Waals surface area contributed by atoms with Crippen molar-refractivity contribution in [3.63, 3.8) is 0 Å². The first kappa shape index (κ1) is 20.4. The van der Waals surface area contributed by atoms with Gasteiger partial charge in [-0.3, -0.25) is 0 Å². The summed E-state index contributed by atoms with van der Waals surface area (Å²) >= 11 is 0. The fourth-order valence-electron chi connectivity index (χ4n) is 2.99. The standard InChI is InChI=1S/C17H19BN4O7/c23-15-10(3-4-18(26)27)1-2-13(14(15)17(24)25)29-12-7-22(8-12)16(21-28)11-5-19-9-20-6-11/h1-2,5-6,9,12,23,26-28H,3-4,7-8H2,(H,24,25)/b21-16-. The number of carboxylic acid groups (broad SMARTS) is 1. The van der Waals surface area contributed by atoms with Gasteiger partial charge in [-0.25, -0.2) is 14.8 Å². The fraction of sp³-hybridized carbons (Fsp3) is 0.294. The smallest absolute Gasteiger partial charge is 0.451 e. The lowest BCUT2D eigenvalue weighted by Crippen LogP contribution is -2.56. The number of carboxylic acids is 1. The normalized spacial score (nSPS) is 14.4. The van der Waals surface area contributed by atoms with Crippen LogP contribution < -0.4 is 4.74 Å². The van der Waals surface area contributed by atoms with E-state index in [1.54, 1.807) is 4.90 Å². The van der Waals surface area contributed by atoms with Gasteiger partial charge in [0.05, 0.1) is 18.7 Å². The maximum absolute atomic E-state index is 11.6. The second-order valence-electron chi connectivity index (χ2n) is 6.47. The van der Waals surface area contributed by atoms with Crippen LogP contribution >= 0.6 is 0 Å². The predicted molar refractivity (Wildman–Crippen MR) is 100 cm³/mol. The van der Waals surface area contributed by atoms with Gasteiger partial charge in [0.25, 0.3) is 0 Å². The lowest BCUT2D eigenvalue weighted by atomic mass is 9.82. The number of aromatic hydroxyl groups is 1. The highest BCUT2D eigenvalue weighted by molar-refractivity contribution is 6.41. The Morgan fingerprint density at radius 1 is 1.28 bits per heavy atom. The molecule has 0 aliphatic carbocycles. The highest BCUT2D eigenvalue weighted by Crippen LogP contribution is 2.34. The number of hydrogen-bond donors (Lipinski definition) is 5. The molecule has 0 spiro atoms. The molecule has 0 atom stereocenters. The van der Waals surface area contributed by atoms with Crippen LogP contribution in [0, 0.1) is 0 Å². The Labute approximate surface area is 165 Å². The number of aromatic nitrogens is 2. The van der Waals surface area contributed by atoms with E-state index in [-0.39, 0.29) is 41.6 Å². The first-order valence-electron chi connectivity index (χ1n) is 8.74. The van der Waals surface area contributed by atoms with Gasteiger partial charge in [0.15, 0.2) is 5.84 Å². The number of aryl methyl sites for hydroxylation is 1. The molecule has 1 fully saturated rings. The number of aromatic carboxylic acids is 1. The first-order valence-corrected chi connectivity index (χ1v) is 8.74. The molecule has 1 aliphatic heterocycles. The van der Waals surface area contributed by atoms with Crippen LogP contribution in [0.3, 0.4) is 0 Å². The summed E-state index contributed by atoms with van der Waals surface area (Å²) in [6.45, 7) is 0.652. The van der Waals surface area contributed by atoms with E-state index in [0.717, 1.165) is 0 Å². The van der Waals surface area contributed by atoms with Crippen molar-refractivity contribution in [2.45, 2.75) is 18.8 Å². The molecule has 152 valence electrons. The maximum atomic E-state index is 11.6. The molecule has 0 radical (unpaired) electrons. The molecule has 1 aromatic heterocycles. The van der Waals surface area contributed by atoms with Crippen molar-refractivity contribution >= 4 is 18.9 Å². The number of rotatable bonds is 7. The number of oxime groups is 1. The van der Waals surface area contributed by atoms with Crippen LogP contribution in [0.5, 0.6) is 11.5 Å². The van der Waals surface area contributed by atoms with Crippen LogP contribution in [-0.4, -0.2) is 78.5 Å². The summed E-state index contributed by atoms with van der Waals surface area (Å²) in [5, 5.41) is 50.2. The number of nitrogens with zero attached hydrogens (tertiary/aromatic N) is 4. The van der Waals surface area contributed by atoms with Gasteiger partial charge in [-0.2, -0.15) is 0 Å². The number of hydrogen-bond acceptors (Lipinski definition) is 9. The third-order valence-electron chi connectivity index (χ3n) is 4.46. The molecule has 0 amide bonds. The molecule has 1 aromatic carbocycles. The molecular formula is C17H19BN4O7. The van der Waals surface area contributed by atoms with Crippen LogP contribution in [0.4, 0.5) is 0 Å². The lowest BCUT2D eigenvalue weighted by Gasteiger charge is -2.40. The quantitative estimate of drug-likeness (QED) is 0.137. The number of likely N-dealkylation sites (tertiary alicyclic amines) is 1. The topological polar surface area (TPSA) is 169 Å². The van der Waals surface area contributed by atoms with Crippen LogP contribution in [0.2, 0.25) is 6.32 Å². The average molecular weight is 402 g/mol. The molecule has 0 saturated carbocycles. The van der Waals surface area contributed by atoms with E-state index in [4.69, 9.17) is 14.8 Å². The summed E-state index contributed by atoms with van der Waals surface area (Å²) in [6.07, 6.45) is 4.01. The van der Waals surface area contributed by atoms with E-state index in [0.29, 0.717) is 18.7 Å². The highest BCUT2D eigenvalue weighted by atomic mass is 16.5. The maximum Gasteiger partial charge on any atom is 0.451 e. The molecule has 29 heavy (non-hydrogen) atoms. The van der Waals surface area contributed by atoms with Gasteiger partial charge in [0.1, 0.15) is 29.5 Å². The lowest BCUT2D eigenvalue weighted by molar-refractivity contribution is 0.0587. The number of carbonyl (C=O) groups is 1. The molecule has 2 aromatic rings. The number of ether oxygens (including phenoxy) is 1. The Kier molecular flexibility index (Phi) is 6.15. The van der Waals surface area contributed by atoms with Gasteiger partial charge in [0, 0.05) is 12.4 Å². The minimum Gasteiger partial charge on any atom is -0.507 e. The number of benzene rings is 1. The van der Waals surface area contributed by atoms with Crippen LogP contribution in [0.15, 0.2) is 36.0 Å².